The molecule has 0 saturated carbocycles. The third-order valence-corrected chi connectivity index (χ3v) is 7.72. The number of halogens is 1. The van der Waals surface area contributed by atoms with Crippen LogP contribution in [0.15, 0.2) is 41.3 Å². The van der Waals surface area contributed by atoms with E-state index in [1.807, 2.05) is 6.92 Å². The number of amides is 1. The quantitative estimate of drug-likeness (QED) is 0.674. The van der Waals surface area contributed by atoms with Crippen molar-refractivity contribution in [3.63, 3.8) is 0 Å². The summed E-state index contributed by atoms with van der Waals surface area (Å²) in [5.74, 6) is -0.334. The van der Waals surface area contributed by atoms with Crippen molar-refractivity contribution in [3.05, 3.63) is 52.5 Å². The summed E-state index contributed by atoms with van der Waals surface area (Å²) >= 11 is 6.02. The van der Waals surface area contributed by atoms with Crippen molar-refractivity contribution < 1.29 is 13.2 Å². The van der Waals surface area contributed by atoms with Crippen molar-refractivity contribution in [2.75, 3.05) is 36.4 Å². The van der Waals surface area contributed by atoms with Crippen LogP contribution in [0, 0.1) is 6.92 Å². The van der Waals surface area contributed by atoms with Crippen LogP contribution in [0.1, 0.15) is 42.6 Å². The minimum absolute atomic E-state index is 0.132. The molecule has 1 saturated heterocycles. The molecule has 162 valence electrons. The highest BCUT2D eigenvalue weighted by atomic mass is 35.5. The minimum atomic E-state index is -3.67. The number of aryl methyl sites for hydroxylation is 1. The zero-order valence-electron chi connectivity index (χ0n) is 17.6. The maximum absolute atomic E-state index is 13.2. The Morgan fingerprint density at radius 1 is 1.10 bits per heavy atom. The van der Waals surface area contributed by atoms with Crippen LogP contribution in [0.3, 0.4) is 0 Å². The third kappa shape index (κ3) is 4.63. The number of carbonyl (C=O) groups excluding carboxylic acids is 1. The van der Waals surface area contributed by atoms with E-state index in [9.17, 15) is 13.2 Å². The largest absolute Gasteiger partial charge is 0.371 e. The van der Waals surface area contributed by atoms with Gasteiger partial charge in [-0.3, -0.25) is 4.79 Å². The summed E-state index contributed by atoms with van der Waals surface area (Å²) in [5, 5.41) is 3.51. The first-order chi connectivity index (χ1) is 14.3. The first-order valence-electron chi connectivity index (χ1n) is 10.2. The second-order valence-electron chi connectivity index (χ2n) is 7.38. The van der Waals surface area contributed by atoms with Gasteiger partial charge in [-0.25, -0.2) is 8.42 Å². The fourth-order valence-corrected chi connectivity index (χ4v) is 5.47. The van der Waals surface area contributed by atoms with Crippen molar-refractivity contribution in [1.82, 2.24) is 4.31 Å². The van der Waals surface area contributed by atoms with E-state index in [4.69, 9.17) is 11.6 Å². The van der Waals surface area contributed by atoms with E-state index in [0.717, 1.165) is 37.2 Å². The molecule has 30 heavy (non-hydrogen) atoms. The molecule has 1 aliphatic heterocycles. The lowest BCUT2D eigenvalue weighted by atomic mass is 10.1. The molecule has 0 radical (unpaired) electrons. The van der Waals surface area contributed by atoms with E-state index in [1.165, 1.54) is 10.4 Å². The van der Waals surface area contributed by atoms with Crippen LogP contribution in [0.5, 0.6) is 0 Å². The number of sulfonamides is 1. The number of nitrogens with zero attached hydrogens (tertiary/aromatic N) is 2. The molecular formula is C22H28ClN3O3S. The van der Waals surface area contributed by atoms with Gasteiger partial charge in [0, 0.05) is 42.6 Å². The van der Waals surface area contributed by atoms with Crippen molar-refractivity contribution in [2.45, 2.75) is 38.5 Å². The average Bonchev–Trinajstić information content (AvgIpc) is 3.25. The number of carbonyl (C=O) groups is 1. The van der Waals surface area contributed by atoms with E-state index in [-0.39, 0.29) is 10.8 Å². The van der Waals surface area contributed by atoms with Crippen LogP contribution in [-0.4, -0.2) is 44.8 Å². The molecular weight excluding hydrogens is 422 g/mol. The summed E-state index contributed by atoms with van der Waals surface area (Å²) in [6.45, 7) is 7.92. The standard InChI is InChI=1S/C22H28ClN3O3S/c1-4-26(5-2)30(28,29)18-9-11-21(25-12-6-7-13-25)19(15-18)22(27)24-20-10-8-17(23)14-16(20)3/h8-11,14-15H,4-7,12-13H2,1-3H3,(H,24,27). The Morgan fingerprint density at radius 2 is 1.77 bits per heavy atom. The van der Waals surface area contributed by atoms with Gasteiger partial charge in [0.2, 0.25) is 10.0 Å². The lowest BCUT2D eigenvalue weighted by molar-refractivity contribution is 0.102. The monoisotopic (exact) mass is 449 g/mol. The van der Waals surface area contributed by atoms with Gasteiger partial charge in [0.25, 0.3) is 5.91 Å². The molecule has 0 atom stereocenters. The molecule has 8 heteroatoms. The molecule has 1 aliphatic rings. The second-order valence-corrected chi connectivity index (χ2v) is 9.75. The Morgan fingerprint density at radius 3 is 2.37 bits per heavy atom. The van der Waals surface area contributed by atoms with Gasteiger partial charge >= 0.3 is 0 Å². The Bertz CT molecular complexity index is 1030. The molecule has 0 spiro atoms. The predicted molar refractivity (Wildman–Crippen MR) is 122 cm³/mol. The maximum atomic E-state index is 13.2. The number of hydrogen-bond acceptors (Lipinski definition) is 4. The van der Waals surface area contributed by atoms with Gasteiger partial charge in [-0.05, 0) is 61.7 Å². The fourth-order valence-electron chi connectivity index (χ4n) is 3.76. The van der Waals surface area contributed by atoms with Crippen molar-refractivity contribution in [1.29, 1.82) is 0 Å². The number of rotatable bonds is 7. The summed E-state index contributed by atoms with van der Waals surface area (Å²) < 4.78 is 27.4. The van der Waals surface area contributed by atoms with Gasteiger partial charge in [0.1, 0.15) is 0 Å². The Kier molecular flexibility index (Phi) is 7.06. The zero-order chi connectivity index (χ0) is 21.9. The van der Waals surface area contributed by atoms with Crippen LogP contribution < -0.4 is 10.2 Å². The van der Waals surface area contributed by atoms with Crippen molar-refractivity contribution >= 4 is 38.9 Å². The van der Waals surface area contributed by atoms with Gasteiger partial charge in [0.05, 0.1) is 10.5 Å². The van der Waals surface area contributed by atoms with Gasteiger partial charge in [0.15, 0.2) is 0 Å². The van der Waals surface area contributed by atoms with Crippen LogP contribution in [0.25, 0.3) is 0 Å². The van der Waals surface area contributed by atoms with E-state index >= 15 is 0 Å². The van der Waals surface area contributed by atoms with Crippen LogP contribution in [0.2, 0.25) is 5.02 Å². The van der Waals surface area contributed by atoms with Crippen molar-refractivity contribution in [2.24, 2.45) is 0 Å². The highest BCUT2D eigenvalue weighted by molar-refractivity contribution is 7.89. The van der Waals surface area contributed by atoms with Crippen LogP contribution in [0.4, 0.5) is 11.4 Å². The zero-order valence-corrected chi connectivity index (χ0v) is 19.2. The molecule has 0 bridgehead atoms. The minimum Gasteiger partial charge on any atom is -0.371 e. The summed E-state index contributed by atoms with van der Waals surface area (Å²) in [7, 11) is -3.67. The summed E-state index contributed by atoms with van der Waals surface area (Å²) in [4.78, 5) is 15.5. The third-order valence-electron chi connectivity index (χ3n) is 5.44. The highest BCUT2D eigenvalue weighted by Gasteiger charge is 2.26. The molecule has 1 N–H and O–H groups in total. The van der Waals surface area contributed by atoms with Crippen molar-refractivity contribution in [3.8, 4) is 0 Å². The van der Waals surface area contributed by atoms with E-state index in [0.29, 0.717) is 29.4 Å². The average molecular weight is 450 g/mol. The Labute approximate surface area is 183 Å². The van der Waals surface area contributed by atoms with E-state index in [1.54, 1.807) is 44.2 Å². The van der Waals surface area contributed by atoms with Gasteiger partial charge in [-0.15, -0.1) is 0 Å². The summed E-state index contributed by atoms with van der Waals surface area (Å²) in [6.07, 6.45) is 2.10. The molecule has 1 heterocycles. The van der Waals surface area contributed by atoms with Crippen LogP contribution in [-0.2, 0) is 10.0 Å². The first kappa shape index (κ1) is 22.6. The summed E-state index contributed by atoms with van der Waals surface area (Å²) in [5.41, 5.74) is 2.61. The fraction of sp³-hybridized carbons (Fsp3) is 0.409. The Hall–Kier alpha value is -2.09. The predicted octanol–water partition coefficient (Wildman–Crippen LogP) is 4.53. The molecule has 3 rings (SSSR count). The molecule has 2 aromatic carbocycles. The van der Waals surface area contributed by atoms with Gasteiger partial charge in [-0.1, -0.05) is 25.4 Å². The number of hydrogen-bond donors (Lipinski definition) is 1. The topological polar surface area (TPSA) is 69.7 Å². The van der Waals surface area contributed by atoms with E-state index < -0.39 is 10.0 Å². The molecule has 0 aliphatic carbocycles. The number of nitrogens with one attached hydrogen (secondary N) is 1. The maximum Gasteiger partial charge on any atom is 0.257 e. The van der Waals surface area contributed by atoms with Crippen LogP contribution >= 0.6 is 11.6 Å². The van der Waals surface area contributed by atoms with E-state index in [2.05, 4.69) is 10.2 Å². The summed E-state index contributed by atoms with van der Waals surface area (Å²) in [6, 6.07) is 10.1. The molecule has 2 aromatic rings. The van der Waals surface area contributed by atoms with Gasteiger partial charge < -0.3 is 10.2 Å². The normalized spacial score (nSPS) is 14.4. The number of anilines is 2. The molecule has 0 unspecified atom stereocenters. The Balaban J connectivity index is 2.03. The second kappa shape index (κ2) is 9.37. The SMILES string of the molecule is CCN(CC)S(=O)(=O)c1ccc(N2CCCC2)c(C(=O)Nc2ccc(Cl)cc2C)c1. The molecule has 6 nitrogen and oxygen atoms in total. The number of benzene rings is 2. The molecule has 1 amide bonds. The molecule has 1 fully saturated rings. The smallest absolute Gasteiger partial charge is 0.257 e. The first-order valence-corrected chi connectivity index (χ1v) is 12.1. The lowest BCUT2D eigenvalue weighted by Gasteiger charge is -2.23. The van der Waals surface area contributed by atoms with Gasteiger partial charge in [-0.2, -0.15) is 4.31 Å². The highest BCUT2D eigenvalue weighted by Crippen LogP contribution is 2.30. The molecule has 0 aromatic heterocycles. The lowest BCUT2D eigenvalue weighted by Crippen LogP contribution is -2.31.